The van der Waals surface area contributed by atoms with Crippen LogP contribution in [0.2, 0.25) is 0 Å². The van der Waals surface area contributed by atoms with Gasteiger partial charge in [0.25, 0.3) is 11.8 Å². The average molecular weight is 319 g/mol. The highest BCUT2D eigenvalue weighted by molar-refractivity contribution is 7.15. The third kappa shape index (κ3) is 3.47. The van der Waals surface area contributed by atoms with Crippen molar-refractivity contribution in [3.63, 3.8) is 0 Å². The van der Waals surface area contributed by atoms with Crippen molar-refractivity contribution >= 4 is 29.1 Å². The molecule has 0 saturated heterocycles. The summed E-state index contributed by atoms with van der Waals surface area (Å²) in [4.78, 5) is 39.7. The summed E-state index contributed by atoms with van der Waals surface area (Å²) in [5.74, 6) is -1.77. The van der Waals surface area contributed by atoms with Gasteiger partial charge in [0, 0.05) is 6.20 Å². The van der Waals surface area contributed by atoms with Crippen LogP contribution in [0.4, 0.5) is 0 Å². The first-order valence-electron chi connectivity index (χ1n) is 6.22. The molecule has 0 spiro atoms. The van der Waals surface area contributed by atoms with Gasteiger partial charge < -0.3 is 15.8 Å². The molecule has 7 nitrogen and oxygen atoms in total. The van der Waals surface area contributed by atoms with Crippen LogP contribution >= 0.6 is 11.3 Å². The molecule has 2 heterocycles. The summed E-state index contributed by atoms with van der Waals surface area (Å²) in [6, 6.07) is 6.88. The van der Waals surface area contributed by atoms with Crippen molar-refractivity contribution in [3.05, 3.63) is 52.0 Å². The molecule has 0 aliphatic heterocycles. The summed E-state index contributed by atoms with van der Waals surface area (Å²) in [6.07, 6.45) is 1.51. The Balaban J connectivity index is 2.21. The Morgan fingerprint density at radius 2 is 1.95 bits per heavy atom. The lowest BCUT2D eigenvalue weighted by molar-refractivity contribution is -0.143. The Morgan fingerprint density at radius 1 is 1.23 bits per heavy atom. The van der Waals surface area contributed by atoms with E-state index in [4.69, 9.17) is 5.73 Å². The second-order valence-corrected chi connectivity index (χ2v) is 5.30. The van der Waals surface area contributed by atoms with Crippen LogP contribution in [0.15, 0.2) is 36.5 Å². The van der Waals surface area contributed by atoms with E-state index in [1.165, 1.54) is 25.4 Å². The highest BCUT2D eigenvalue weighted by Crippen LogP contribution is 2.18. The molecule has 0 radical (unpaired) electrons. The predicted molar refractivity (Wildman–Crippen MR) is 79.3 cm³/mol. The monoisotopic (exact) mass is 319 g/mol. The predicted octanol–water partition coefficient (Wildman–Crippen LogP) is 0.886. The number of nitrogens with one attached hydrogen (secondary N) is 1. The number of ether oxygens (including phenoxy) is 1. The van der Waals surface area contributed by atoms with Crippen molar-refractivity contribution in [2.45, 2.75) is 6.04 Å². The quantitative estimate of drug-likeness (QED) is 0.795. The number of methoxy groups -OCH3 is 1. The fourth-order valence-corrected chi connectivity index (χ4v) is 2.47. The number of esters is 1. The van der Waals surface area contributed by atoms with Crippen LogP contribution < -0.4 is 11.1 Å². The van der Waals surface area contributed by atoms with Gasteiger partial charge in [-0.3, -0.25) is 14.6 Å². The maximum absolute atomic E-state index is 12.2. The minimum Gasteiger partial charge on any atom is -0.467 e. The van der Waals surface area contributed by atoms with E-state index in [0.29, 0.717) is 5.69 Å². The largest absolute Gasteiger partial charge is 0.467 e. The van der Waals surface area contributed by atoms with Crippen LogP contribution in [0.25, 0.3) is 0 Å². The number of carbonyl (C=O) groups excluding carboxylic acids is 3. The number of aromatic nitrogens is 1. The first kappa shape index (κ1) is 15.6. The number of hydrogen-bond donors (Lipinski definition) is 2. The molecule has 8 heteroatoms. The molecule has 3 N–H and O–H groups in total. The summed E-state index contributed by atoms with van der Waals surface area (Å²) < 4.78 is 4.68. The first-order chi connectivity index (χ1) is 10.5. The van der Waals surface area contributed by atoms with Crippen molar-refractivity contribution in [1.82, 2.24) is 10.3 Å². The van der Waals surface area contributed by atoms with Crippen LogP contribution in [0.1, 0.15) is 31.1 Å². The zero-order chi connectivity index (χ0) is 16.1. The molecule has 0 saturated carbocycles. The molecule has 2 rings (SSSR count). The minimum atomic E-state index is -1.03. The van der Waals surface area contributed by atoms with E-state index < -0.39 is 23.8 Å². The maximum Gasteiger partial charge on any atom is 0.334 e. The third-order valence-corrected chi connectivity index (χ3v) is 3.87. The molecular formula is C14H13N3O4S. The van der Waals surface area contributed by atoms with E-state index in [9.17, 15) is 14.4 Å². The van der Waals surface area contributed by atoms with E-state index in [2.05, 4.69) is 15.0 Å². The normalized spacial score (nSPS) is 11.5. The lowest BCUT2D eigenvalue weighted by Gasteiger charge is -2.15. The number of hydrogen-bond acceptors (Lipinski definition) is 6. The van der Waals surface area contributed by atoms with Gasteiger partial charge in [0.2, 0.25) is 0 Å². The van der Waals surface area contributed by atoms with E-state index in [-0.39, 0.29) is 9.75 Å². The molecule has 0 aromatic carbocycles. The standard InChI is InChI=1S/C14H13N3O4S/c1-21-14(20)11(8-4-2-3-7-16-8)17-13(19)10-6-5-9(22-10)12(15)18/h2-7,11H,1H3,(H2,15,18)(H,17,19). The third-order valence-electron chi connectivity index (χ3n) is 2.77. The van der Waals surface area contributed by atoms with E-state index in [1.807, 2.05) is 0 Å². The number of pyridine rings is 1. The maximum atomic E-state index is 12.2. The van der Waals surface area contributed by atoms with Crippen molar-refractivity contribution in [3.8, 4) is 0 Å². The second kappa shape index (κ2) is 6.81. The number of carbonyl (C=O) groups is 3. The van der Waals surface area contributed by atoms with E-state index >= 15 is 0 Å². The molecule has 0 aliphatic rings. The fourth-order valence-electron chi connectivity index (χ4n) is 1.71. The number of nitrogens with two attached hydrogens (primary N) is 1. The number of rotatable bonds is 5. The molecule has 2 amide bonds. The van der Waals surface area contributed by atoms with Gasteiger partial charge in [-0.25, -0.2) is 4.79 Å². The second-order valence-electron chi connectivity index (χ2n) is 4.21. The van der Waals surface area contributed by atoms with Crippen LogP contribution in [0.5, 0.6) is 0 Å². The zero-order valence-corrected chi connectivity index (χ0v) is 12.4. The van der Waals surface area contributed by atoms with Gasteiger partial charge in [0.15, 0.2) is 6.04 Å². The van der Waals surface area contributed by atoms with Gasteiger partial charge in [-0.05, 0) is 24.3 Å². The highest BCUT2D eigenvalue weighted by Gasteiger charge is 2.26. The Bertz CT molecular complexity index is 699. The summed E-state index contributed by atoms with van der Waals surface area (Å²) in [5.41, 5.74) is 5.50. The summed E-state index contributed by atoms with van der Waals surface area (Å²) >= 11 is 0.946. The van der Waals surface area contributed by atoms with Crippen molar-refractivity contribution in [2.24, 2.45) is 5.73 Å². The topological polar surface area (TPSA) is 111 Å². The van der Waals surface area contributed by atoms with Crippen LogP contribution in [0, 0.1) is 0 Å². The average Bonchev–Trinajstić information content (AvgIpc) is 3.03. The SMILES string of the molecule is COC(=O)C(NC(=O)c1ccc(C(N)=O)s1)c1ccccn1. The minimum absolute atomic E-state index is 0.262. The highest BCUT2D eigenvalue weighted by atomic mass is 32.1. The summed E-state index contributed by atoms with van der Waals surface area (Å²) in [6.45, 7) is 0. The lowest BCUT2D eigenvalue weighted by atomic mass is 10.2. The molecule has 2 aromatic rings. The number of amides is 2. The zero-order valence-electron chi connectivity index (χ0n) is 11.6. The first-order valence-corrected chi connectivity index (χ1v) is 7.04. The number of primary amides is 1. The fraction of sp³-hybridized carbons (Fsp3) is 0.143. The molecular weight excluding hydrogens is 306 g/mol. The van der Waals surface area contributed by atoms with Gasteiger partial charge in [0.1, 0.15) is 0 Å². The summed E-state index contributed by atoms with van der Waals surface area (Å²) in [7, 11) is 1.22. The van der Waals surface area contributed by atoms with Crippen LogP contribution in [-0.2, 0) is 9.53 Å². The van der Waals surface area contributed by atoms with Gasteiger partial charge in [0.05, 0.1) is 22.6 Å². The molecule has 0 fully saturated rings. The summed E-state index contributed by atoms with van der Waals surface area (Å²) in [5, 5.41) is 2.53. The van der Waals surface area contributed by atoms with Gasteiger partial charge in [-0.1, -0.05) is 6.07 Å². The molecule has 114 valence electrons. The molecule has 22 heavy (non-hydrogen) atoms. The van der Waals surface area contributed by atoms with Gasteiger partial charge in [-0.2, -0.15) is 0 Å². The lowest BCUT2D eigenvalue weighted by Crippen LogP contribution is -2.34. The molecule has 1 atom stereocenters. The van der Waals surface area contributed by atoms with Crippen LogP contribution in [0.3, 0.4) is 0 Å². The Kier molecular flexibility index (Phi) is 4.84. The number of nitrogens with zero attached hydrogens (tertiary/aromatic N) is 1. The van der Waals surface area contributed by atoms with Crippen LogP contribution in [-0.4, -0.2) is 29.9 Å². The van der Waals surface area contributed by atoms with E-state index in [1.54, 1.807) is 18.2 Å². The van der Waals surface area contributed by atoms with Gasteiger partial charge >= 0.3 is 5.97 Å². The van der Waals surface area contributed by atoms with Crippen molar-refractivity contribution in [1.29, 1.82) is 0 Å². The Hall–Kier alpha value is -2.74. The van der Waals surface area contributed by atoms with Gasteiger partial charge in [-0.15, -0.1) is 11.3 Å². The smallest absolute Gasteiger partial charge is 0.334 e. The molecule has 0 bridgehead atoms. The molecule has 0 aliphatic carbocycles. The Labute approximate surface area is 130 Å². The molecule has 2 aromatic heterocycles. The Morgan fingerprint density at radius 3 is 2.50 bits per heavy atom. The number of thiophene rings is 1. The van der Waals surface area contributed by atoms with Crippen molar-refractivity contribution < 1.29 is 19.1 Å². The van der Waals surface area contributed by atoms with E-state index in [0.717, 1.165) is 11.3 Å². The van der Waals surface area contributed by atoms with Crippen molar-refractivity contribution in [2.75, 3.05) is 7.11 Å². The molecule has 1 unspecified atom stereocenters.